The van der Waals surface area contributed by atoms with Crippen LogP contribution in [0.2, 0.25) is 0 Å². The van der Waals surface area contributed by atoms with Gasteiger partial charge in [-0.25, -0.2) is 0 Å². The highest BCUT2D eigenvalue weighted by atomic mass is 15.3. The van der Waals surface area contributed by atoms with Crippen LogP contribution in [0.1, 0.15) is 38.8 Å². The van der Waals surface area contributed by atoms with Gasteiger partial charge in [0.1, 0.15) is 0 Å². The van der Waals surface area contributed by atoms with Gasteiger partial charge in [-0.1, -0.05) is 37.3 Å². The summed E-state index contributed by atoms with van der Waals surface area (Å²) in [6.45, 7) is 9.09. The highest BCUT2D eigenvalue weighted by Crippen LogP contribution is 2.25. The molecule has 4 unspecified atom stereocenters. The van der Waals surface area contributed by atoms with E-state index in [0.717, 1.165) is 19.5 Å². The molecular weight excluding hydrogens is 246 g/mol. The minimum Gasteiger partial charge on any atom is -0.323 e. The van der Waals surface area contributed by atoms with Gasteiger partial charge in [0.2, 0.25) is 0 Å². The van der Waals surface area contributed by atoms with Crippen molar-refractivity contribution >= 4 is 0 Å². The largest absolute Gasteiger partial charge is 0.323 e. The first-order valence-corrected chi connectivity index (χ1v) is 7.81. The molecule has 0 radical (unpaired) electrons. The molecule has 20 heavy (non-hydrogen) atoms. The van der Waals surface area contributed by atoms with E-state index in [-0.39, 0.29) is 6.04 Å². The lowest BCUT2D eigenvalue weighted by Crippen LogP contribution is -2.59. The van der Waals surface area contributed by atoms with Crippen LogP contribution in [0, 0.1) is 0 Å². The summed E-state index contributed by atoms with van der Waals surface area (Å²) >= 11 is 0. The average Bonchev–Trinajstić information content (AvgIpc) is 2.46. The van der Waals surface area contributed by atoms with Gasteiger partial charge in [0, 0.05) is 37.3 Å². The van der Waals surface area contributed by atoms with Gasteiger partial charge in [0.15, 0.2) is 0 Å². The Labute approximate surface area is 123 Å². The maximum absolute atomic E-state index is 6.55. The van der Waals surface area contributed by atoms with Crippen LogP contribution in [-0.2, 0) is 0 Å². The molecule has 1 aliphatic rings. The number of nitrogens with zero attached hydrogens (tertiary/aromatic N) is 2. The molecule has 2 N–H and O–H groups in total. The molecule has 0 amide bonds. The fraction of sp³-hybridized carbons (Fsp3) is 0.647. The van der Waals surface area contributed by atoms with Crippen molar-refractivity contribution in [2.45, 2.75) is 51.4 Å². The van der Waals surface area contributed by atoms with Gasteiger partial charge < -0.3 is 5.73 Å². The highest BCUT2D eigenvalue weighted by molar-refractivity contribution is 5.20. The van der Waals surface area contributed by atoms with Crippen LogP contribution in [0.4, 0.5) is 0 Å². The zero-order valence-electron chi connectivity index (χ0n) is 13.3. The first-order valence-electron chi connectivity index (χ1n) is 7.81. The number of hydrogen-bond donors (Lipinski definition) is 1. The van der Waals surface area contributed by atoms with Crippen LogP contribution < -0.4 is 5.73 Å². The van der Waals surface area contributed by atoms with E-state index in [1.165, 1.54) is 5.56 Å². The Kier molecular flexibility index (Phi) is 5.19. The van der Waals surface area contributed by atoms with Gasteiger partial charge in [0.05, 0.1) is 0 Å². The predicted molar refractivity (Wildman–Crippen MR) is 85.7 cm³/mol. The molecule has 1 aromatic rings. The molecule has 1 heterocycles. The van der Waals surface area contributed by atoms with Crippen LogP contribution in [0.3, 0.4) is 0 Å². The van der Waals surface area contributed by atoms with E-state index in [2.05, 4.69) is 68.0 Å². The van der Waals surface area contributed by atoms with Crippen molar-refractivity contribution in [3.8, 4) is 0 Å². The maximum Gasteiger partial charge on any atom is 0.0453 e. The monoisotopic (exact) mass is 275 g/mol. The third kappa shape index (κ3) is 3.22. The summed E-state index contributed by atoms with van der Waals surface area (Å²) < 4.78 is 0. The summed E-state index contributed by atoms with van der Waals surface area (Å²) in [6, 6.07) is 12.2. The molecule has 0 spiro atoms. The number of benzene rings is 1. The van der Waals surface area contributed by atoms with E-state index in [1.54, 1.807) is 0 Å². The van der Waals surface area contributed by atoms with Gasteiger partial charge in [-0.05, 0) is 32.9 Å². The Morgan fingerprint density at radius 3 is 2.20 bits per heavy atom. The van der Waals surface area contributed by atoms with E-state index in [1.807, 2.05) is 0 Å². The Morgan fingerprint density at radius 1 is 1.15 bits per heavy atom. The SMILES string of the molecule is CCC(C(N)c1ccccc1)N1CC(C)N(C)C(C)C1. The Morgan fingerprint density at radius 2 is 1.70 bits per heavy atom. The molecule has 1 aromatic carbocycles. The van der Waals surface area contributed by atoms with Crippen molar-refractivity contribution in [2.75, 3.05) is 20.1 Å². The average molecular weight is 275 g/mol. The number of piperazine rings is 1. The summed E-state index contributed by atoms with van der Waals surface area (Å²) in [5.74, 6) is 0. The van der Waals surface area contributed by atoms with Gasteiger partial charge >= 0.3 is 0 Å². The van der Waals surface area contributed by atoms with Crippen molar-refractivity contribution in [2.24, 2.45) is 5.73 Å². The molecule has 112 valence electrons. The van der Waals surface area contributed by atoms with Gasteiger partial charge in [-0.2, -0.15) is 0 Å². The van der Waals surface area contributed by atoms with Crippen LogP contribution in [0.25, 0.3) is 0 Å². The molecule has 1 saturated heterocycles. The topological polar surface area (TPSA) is 32.5 Å². The fourth-order valence-electron chi connectivity index (χ4n) is 3.35. The molecule has 1 aliphatic heterocycles. The molecular formula is C17H29N3. The molecule has 3 nitrogen and oxygen atoms in total. The highest BCUT2D eigenvalue weighted by Gasteiger charge is 2.32. The molecule has 0 aliphatic carbocycles. The summed E-state index contributed by atoms with van der Waals surface area (Å²) in [7, 11) is 2.23. The number of rotatable bonds is 4. The normalized spacial score (nSPS) is 28.2. The van der Waals surface area contributed by atoms with E-state index in [9.17, 15) is 0 Å². The number of hydrogen-bond acceptors (Lipinski definition) is 3. The summed E-state index contributed by atoms with van der Waals surface area (Å²) in [5.41, 5.74) is 7.80. The van der Waals surface area contributed by atoms with E-state index in [4.69, 9.17) is 5.73 Å². The molecule has 0 aromatic heterocycles. The van der Waals surface area contributed by atoms with Crippen LogP contribution >= 0.6 is 0 Å². The van der Waals surface area contributed by atoms with Gasteiger partial charge in [-0.3, -0.25) is 9.80 Å². The lowest BCUT2D eigenvalue weighted by molar-refractivity contribution is 0.0251. The zero-order chi connectivity index (χ0) is 14.7. The predicted octanol–water partition coefficient (Wildman–Crippen LogP) is 2.49. The maximum atomic E-state index is 6.55. The first kappa shape index (κ1) is 15.5. The molecule has 0 bridgehead atoms. The fourth-order valence-corrected chi connectivity index (χ4v) is 3.35. The van der Waals surface area contributed by atoms with Gasteiger partial charge in [-0.15, -0.1) is 0 Å². The minimum atomic E-state index is 0.101. The summed E-state index contributed by atoms with van der Waals surface area (Å²) in [6.07, 6.45) is 1.10. The second-order valence-electron chi connectivity index (χ2n) is 6.23. The lowest BCUT2D eigenvalue weighted by atomic mass is 9.94. The van der Waals surface area contributed by atoms with Crippen molar-refractivity contribution < 1.29 is 0 Å². The van der Waals surface area contributed by atoms with Crippen molar-refractivity contribution in [3.05, 3.63) is 35.9 Å². The zero-order valence-corrected chi connectivity index (χ0v) is 13.3. The van der Waals surface area contributed by atoms with Crippen LogP contribution in [0.5, 0.6) is 0 Å². The second kappa shape index (κ2) is 6.70. The Balaban J connectivity index is 2.12. The molecule has 0 saturated carbocycles. The quantitative estimate of drug-likeness (QED) is 0.916. The summed E-state index contributed by atoms with van der Waals surface area (Å²) in [4.78, 5) is 5.06. The van der Waals surface area contributed by atoms with E-state index < -0.39 is 0 Å². The minimum absolute atomic E-state index is 0.101. The second-order valence-corrected chi connectivity index (χ2v) is 6.23. The van der Waals surface area contributed by atoms with E-state index in [0.29, 0.717) is 18.1 Å². The summed E-state index contributed by atoms with van der Waals surface area (Å²) in [5, 5.41) is 0. The third-order valence-electron chi connectivity index (χ3n) is 4.87. The van der Waals surface area contributed by atoms with Crippen molar-refractivity contribution in [3.63, 3.8) is 0 Å². The van der Waals surface area contributed by atoms with E-state index >= 15 is 0 Å². The third-order valence-corrected chi connectivity index (χ3v) is 4.87. The molecule has 1 fully saturated rings. The molecule has 3 heteroatoms. The first-order chi connectivity index (χ1) is 9.54. The molecule has 4 atom stereocenters. The standard InChI is InChI=1S/C17H29N3/c1-5-16(17(18)15-9-7-6-8-10-15)20-11-13(2)19(4)14(3)12-20/h6-10,13-14,16-17H,5,11-12,18H2,1-4H3. The number of likely N-dealkylation sites (N-methyl/N-ethyl adjacent to an activating group) is 1. The van der Waals surface area contributed by atoms with Crippen molar-refractivity contribution in [1.29, 1.82) is 0 Å². The lowest BCUT2D eigenvalue weighted by Gasteiger charge is -2.47. The number of nitrogens with two attached hydrogens (primary N) is 1. The Hall–Kier alpha value is -0.900. The van der Waals surface area contributed by atoms with Crippen LogP contribution in [-0.4, -0.2) is 48.1 Å². The van der Waals surface area contributed by atoms with Crippen LogP contribution in [0.15, 0.2) is 30.3 Å². The van der Waals surface area contributed by atoms with Crippen molar-refractivity contribution in [1.82, 2.24) is 9.80 Å². The van der Waals surface area contributed by atoms with Gasteiger partial charge in [0.25, 0.3) is 0 Å². The smallest absolute Gasteiger partial charge is 0.0453 e. The Bertz CT molecular complexity index is 394. The molecule has 2 rings (SSSR count).